The molecule has 2 unspecified atom stereocenters. The average Bonchev–Trinajstić information content (AvgIpc) is 3.59. The fourth-order valence-electron chi connectivity index (χ4n) is 7.69. The standard InChI is InChI=1S/C35H51N3O5S/c1-8-13-14-22-43-33(42)29-28-31(40)38(27(23-39)24(6)10-3)30(35(28)20-19-34(29,7)44-35)32(41)37(21-9-2)26-17-15-25(16-18-26)36(11-4)12-5/h8-9,15-18,24,27-30,39H,1-2,10-14,19-23H2,3-7H3/t24-,27-,28-,29-,30?,34+,35?/m0/s1. The van der Waals surface area contributed by atoms with E-state index in [0.29, 0.717) is 19.3 Å². The number of carbonyl (C=O) groups excluding carboxylic acids is 3. The molecule has 9 heteroatoms. The Balaban J connectivity index is 1.78. The lowest BCUT2D eigenvalue weighted by Gasteiger charge is -2.41. The molecule has 3 heterocycles. The van der Waals surface area contributed by atoms with Crippen molar-refractivity contribution in [3.05, 3.63) is 49.6 Å². The van der Waals surface area contributed by atoms with Gasteiger partial charge in [0.25, 0.3) is 5.91 Å². The number of unbranched alkanes of at least 4 members (excludes halogenated alkanes) is 1. The molecule has 1 aromatic carbocycles. The molecule has 242 valence electrons. The molecule has 7 atom stereocenters. The van der Waals surface area contributed by atoms with Crippen molar-refractivity contribution in [2.45, 2.75) is 88.3 Å². The van der Waals surface area contributed by atoms with Crippen LogP contribution >= 0.6 is 11.8 Å². The number of anilines is 2. The number of allylic oxidation sites excluding steroid dienone is 1. The van der Waals surface area contributed by atoms with Crippen LogP contribution in [0.2, 0.25) is 0 Å². The predicted molar refractivity (Wildman–Crippen MR) is 179 cm³/mol. The number of likely N-dealkylation sites (tertiary alicyclic amines) is 1. The molecule has 3 aliphatic rings. The largest absolute Gasteiger partial charge is 0.465 e. The zero-order valence-corrected chi connectivity index (χ0v) is 28.0. The SMILES string of the molecule is C=CCCCOC(=O)[C@@H]1[C@H]2C(=O)N([C@@H](CO)[C@@H](C)CC)C(C(=O)N(CC=C)c3ccc(N(CC)CC)cc3)C23CC[C@@]1(C)S3. The van der Waals surface area contributed by atoms with E-state index in [1.54, 1.807) is 33.7 Å². The molecule has 0 aliphatic carbocycles. The molecule has 2 bridgehead atoms. The molecule has 44 heavy (non-hydrogen) atoms. The number of fused-ring (bicyclic) bond motifs is 1. The fraction of sp³-hybridized carbons (Fsp3) is 0.629. The third-order valence-electron chi connectivity index (χ3n) is 10.2. The smallest absolute Gasteiger partial charge is 0.311 e. The molecule has 3 aliphatic heterocycles. The number of hydrogen-bond donors (Lipinski definition) is 1. The van der Waals surface area contributed by atoms with Gasteiger partial charge in [-0.15, -0.1) is 24.9 Å². The second kappa shape index (κ2) is 14.1. The third kappa shape index (κ3) is 5.82. The summed E-state index contributed by atoms with van der Waals surface area (Å²) >= 11 is 1.63. The van der Waals surface area contributed by atoms with Crippen LogP contribution in [0.3, 0.4) is 0 Å². The van der Waals surface area contributed by atoms with E-state index in [-0.39, 0.29) is 43.5 Å². The van der Waals surface area contributed by atoms with E-state index < -0.39 is 33.4 Å². The molecule has 4 rings (SSSR count). The third-order valence-corrected chi connectivity index (χ3v) is 12.2. The average molecular weight is 626 g/mol. The number of rotatable bonds is 16. The summed E-state index contributed by atoms with van der Waals surface area (Å²) in [7, 11) is 0. The van der Waals surface area contributed by atoms with Crippen molar-refractivity contribution in [3.63, 3.8) is 0 Å². The van der Waals surface area contributed by atoms with Crippen molar-refractivity contribution in [1.29, 1.82) is 0 Å². The molecule has 1 aromatic rings. The minimum Gasteiger partial charge on any atom is -0.465 e. The second-order valence-corrected chi connectivity index (χ2v) is 14.5. The molecule has 0 aromatic heterocycles. The first kappa shape index (κ1) is 34.1. The number of amides is 2. The van der Waals surface area contributed by atoms with Crippen molar-refractivity contribution >= 4 is 40.9 Å². The highest BCUT2D eigenvalue weighted by atomic mass is 32.2. The molecule has 1 spiro atoms. The highest BCUT2D eigenvalue weighted by molar-refractivity contribution is 8.02. The number of esters is 1. The van der Waals surface area contributed by atoms with Gasteiger partial charge in [0.15, 0.2) is 0 Å². The summed E-state index contributed by atoms with van der Waals surface area (Å²) in [6.07, 6.45) is 6.99. The molecular weight excluding hydrogens is 574 g/mol. The highest BCUT2D eigenvalue weighted by Crippen LogP contribution is 2.72. The zero-order valence-electron chi connectivity index (χ0n) is 27.2. The zero-order chi connectivity index (χ0) is 32.2. The van der Waals surface area contributed by atoms with Gasteiger partial charge in [-0.2, -0.15) is 0 Å². The van der Waals surface area contributed by atoms with E-state index in [2.05, 4.69) is 31.9 Å². The Kier molecular flexibility index (Phi) is 10.9. The van der Waals surface area contributed by atoms with Crippen LogP contribution in [0.1, 0.15) is 66.7 Å². The molecule has 3 fully saturated rings. The Bertz CT molecular complexity index is 1220. The van der Waals surface area contributed by atoms with E-state index >= 15 is 0 Å². The van der Waals surface area contributed by atoms with Crippen LogP contribution in [0.4, 0.5) is 11.4 Å². The molecule has 1 N–H and O–H groups in total. The summed E-state index contributed by atoms with van der Waals surface area (Å²) in [4.78, 5) is 48.9. The second-order valence-electron chi connectivity index (χ2n) is 12.6. The van der Waals surface area contributed by atoms with E-state index in [4.69, 9.17) is 4.74 Å². The number of carbonyl (C=O) groups is 3. The van der Waals surface area contributed by atoms with Gasteiger partial charge in [-0.05, 0) is 76.6 Å². The first-order valence-corrected chi connectivity index (χ1v) is 17.1. The lowest BCUT2D eigenvalue weighted by molar-refractivity contribution is -0.156. The Morgan fingerprint density at radius 1 is 1.14 bits per heavy atom. The molecule has 0 radical (unpaired) electrons. The quantitative estimate of drug-likeness (QED) is 0.148. The van der Waals surface area contributed by atoms with Crippen molar-refractivity contribution < 1.29 is 24.2 Å². The van der Waals surface area contributed by atoms with Crippen LogP contribution < -0.4 is 9.80 Å². The van der Waals surface area contributed by atoms with Gasteiger partial charge < -0.3 is 24.5 Å². The Morgan fingerprint density at radius 3 is 2.36 bits per heavy atom. The van der Waals surface area contributed by atoms with E-state index in [0.717, 1.165) is 37.3 Å². The maximum atomic E-state index is 15.0. The van der Waals surface area contributed by atoms with Crippen molar-refractivity contribution in [3.8, 4) is 0 Å². The van der Waals surface area contributed by atoms with E-state index in [1.165, 1.54) is 0 Å². The molecule has 8 nitrogen and oxygen atoms in total. The number of hydrogen-bond acceptors (Lipinski definition) is 7. The first-order valence-electron chi connectivity index (χ1n) is 16.3. The summed E-state index contributed by atoms with van der Waals surface area (Å²) < 4.78 is 4.45. The van der Waals surface area contributed by atoms with Crippen LogP contribution in [-0.4, -0.2) is 82.2 Å². The lowest BCUT2D eigenvalue weighted by Crippen LogP contribution is -2.58. The predicted octanol–water partition coefficient (Wildman–Crippen LogP) is 5.45. The lowest BCUT2D eigenvalue weighted by atomic mass is 9.66. The Morgan fingerprint density at radius 2 is 1.80 bits per heavy atom. The minimum atomic E-state index is -0.834. The van der Waals surface area contributed by atoms with Crippen LogP contribution in [0.15, 0.2) is 49.6 Å². The Labute approximate surface area is 267 Å². The maximum Gasteiger partial charge on any atom is 0.311 e. The number of aliphatic hydroxyl groups is 1. The normalized spacial score (nSPS) is 28.4. The summed E-state index contributed by atoms with van der Waals surface area (Å²) in [6.45, 7) is 20.0. The molecule has 0 saturated carbocycles. The number of nitrogens with zero attached hydrogens (tertiary/aromatic N) is 3. The van der Waals surface area contributed by atoms with Crippen molar-refractivity contribution in [1.82, 2.24) is 4.90 Å². The van der Waals surface area contributed by atoms with Crippen molar-refractivity contribution in [2.24, 2.45) is 17.8 Å². The summed E-state index contributed by atoms with van der Waals surface area (Å²) in [5, 5.41) is 10.7. The summed E-state index contributed by atoms with van der Waals surface area (Å²) in [5.74, 6) is -2.18. The van der Waals surface area contributed by atoms with Gasteiger partial charge in [0.05, 0.1) is 35.8 Å². The van der Waals surface area contributed by atoms with Gasteiger partial charge in [-0.25, -0.2) is 0 Å². The molecule has 3 saturated heterocycles. The van der Waals surface area contributed by atoms with Gasteiger partial charge >= 0.3 is 5.97 Å². The fourth-order valence-corrected chi connectivity index (χ4v) is 10.0. The van der Waals surface area contributed by atoms with E-state index in [9.17, 15) is 19.5 Å². The Hall–Kier alpha value is -2.78. The van der Waals surface area contributed by atoms with Crippen molar-refractivity contribution in [2.75, 3.05) is 42.6 Å². The van der Waals surface area contributed by atoms with Gasteiger partial charge in [0, 0.05) is 35.8 Å². The maximum absolute atomic E-state index is 15.0. The number of ether oxygens (including phenoxy) is 1. The number of benzene rings is 1. The molecular formula is C35H51N3O5S. The number of aliphatic hydroxyl groups excluding tert-OH is 1. The van der Waals surface area contributed by atoms with Crippen LogP contribution in [0, 0.1) is 17.8 Å². The van der Waals surface area contributed by atoms with Gasteiger partial charge in [0.2, 0.25) is 5.91 Å². The van der Waals surface area contributed by atoms with Crippen LogP contribution in [0.5, 0.6) is 0 Å². The summed E-state index contributed by atoms with van der Waals surface area (Å²) in [5.41, 5.74) is 1.80. The van der Waals surface area contributed by atoms with Crippen LogP contribution in [0.25, 0.3) is 0 Å². The van der Waals surface area contributed by atoms with Gasteiger partial charge in [0.1, 0.15) is 6.04 Å². The summed E-state index contributed by atoms with van der Waals surface area (Å²) in [6, 6.07) is 6.57. The monoisotopic (exact) mass is 625 g/mol. The van der Waals surface area contributed by atoms with Crippen LogP contribution in [-0.2, 0) is 19.1 Å². The minimum absolute atomic E-state index is 0.0437. The first-order chi connectivity index (χ1) is 21.1. The molecule has 2 amide bonds. The topological polar surface area (TPSA) is 90.4 Å². The van der Waals surface area contributed by atoms with Gasteiger partial charge in [-0.3, -0.25) is 14.4 Å². The number of thioether (sulfide) groups is 1. The van der Waals surface area contributed by atoms with Gasteiger partial charge in [-0.1, -0.05) is 32.4 Å². The van der Waals surface area contributed by atoms with E-state index in [1.807, 2.05) is 45.0 Å². The highest BCUT2D eigenvalue weighted by Gasteiger charge is 2.78.